The minimum Gasteiger partial charge on any atom is -0.469 e. The van der Waals surface area contributed by atoms with E-state index in [9.17, 15) is 9.59 Å². The van der Waals surface area contributed by atoms with Gasteiger partial charge in [0.25, 0.3) is 0 Å². The van der Waals surface area contributed by atoms with E-state index >= 15 is 0 Å². The Hall–Kier alpha value is -2.63. The molecule has 0 aliphatic carbocycles. The number of esters is 1. The summed E-state index contributed by atoms with van der Waals surface area (Å²) in [6, 6.07) is 10.1. The molecule has 0 bridgehead atoms. The molecule has 1 fully saturated rings. The Balaban J connectivity index is 1.67. The van der Waals surface area contributed by atoms with Gasteiger partial charge in [-0.15, -0.1) is 0 Å². The maximum Gasteiger partial charge on any atom is 0.410 e. The van der Waals surface area contributed by atoms with E-state index in [4.69, 9.17) is 9.47 Å². The Labute approximate surface area is 178 Å². The number of ether oxygens (including phenoxy) is 2. The molecule has 2 aromatic rings. The minimum atomic E-state index is -0.484. The van der Waals surface area contributed by atoms with Crippen molar-refractivity contribution >= 4 is 23.0 Å². The van der Waals surface area contributed by atoms with Gasteiger partial charge in [0.15, 0.2) is 0 Å². The second-order valence-corrected chi connectivity index (χ2v) is 9.09. The number of pyridine rings is 1. The fourth-order valence-corrected chi connectivity index (χ4v) is 4.01. The monoisotopic (exact) mass is 412 g/mol. The molecule has 0 radical (unpaired) electrons. The molecule has 30 heavy (non-hydrogen) atoms. The molecular weight excluding hydrogens is 380 g/mol. The number of aromatic nitrogens is 1. The zero-order valence-corrected chi connectivity index (χ0v) is 18.4. The first-order chi connectivity index (χ1) is 14.2. The number of piperidine rings is 1. The van der Waals surface area contributed by atoms with Crippen molar-refractivity contribution in [3.8, 4) is 0 Å². The molecule has 1 aliphatic heterocycles. The molecule has 1 aromatic carbocycles. The number of carbonyl (C=O) groups is 2. The lowest BCUT2D eigenvalue weighted by Crippen LogP contribution is -2.41. The van der Waals surface area contributed by atoms with E-state index < -0.39 is 5.60 Å². The van der Waals surface area contributed by atoms with Crippen LogP contribution in [-0.4, -0.2) is 47.7 Å². The minimum absolute atomic E-state index is 0.0487. The Bertz CT molecular complexity index is 882. The van der Waals surface area contributed by atoms with Crippen LogP contribution in [0.15, 0.2) is 36.5 Å². The van der Waals surface area contributed by atoms with Crippen LogP contribution >= 0.6 is 0 Å². The topological polar surface area (TPSA) is 68.7 Å². The van der Waals surface area contributed by atoms with Gasteiger partial charge in [0, 0.05) is 24.7 Å². The molecule has 6 nitrogen and oxygen atoms in total. The summed E-state index contributed by atoms with van der Waals surface area (Å²) >= 11 is 0. The molecule has 1 saturated heterocycles. The number of amides is 1. The Morgan fingerprint density at radius 1 is 1.20 bits per heavy atom. The molecule has 6 heteroatoms. The van der Waals surface area contributed by atoms with Crippen LogP contribution in [0.25, 0.3) is 10.9 Å². The molecule has 162 valence electrons. The van der Waals surface area contributed by atoms with Gasteiger partial charge < -0.3 is 14.4 Å². The number of methoxy groups -OCH3 is 1. The quantitative estimate of drug-likeness (QED) is 0.652. The van der Waals surface area contributed by atoms with E-state index in [1.807, 2.05) is 51.2 Å². The average molecular weight is 413 g/mol. The average Bonchev–Trinajstić information content (AvgIpc) is 2.72. The maximum atomic E-state index is 12.3. The molecule has 1 atom stereocenters. The number of fused-ring (bicyclic) bond motifs is 1. The van der Waals surface area contributed by atoms with Crippen molar-refractivity contribution in [3.63, 3.8) is 0 Å². The zero-order valence-electron chi connectivity index (χ0n) is 18.4. The van der Waals surface area contributed by atoms with Crippen LogP contribution in [-0.2, 0) is 14.3 Å². The van der Waals surface area contributed by atoms with E-state index in [1.165, 1.54) is 7.11 Å². The third kappa shape index (κ3) is 5.94. The van der Waals surface area contributed by atoms with Crippen molar-refractivity contribution in [1.82, 2.24) is 9.88 Å². The Morgan fingerprint density at radius 3 is 2.57 bits per heavy atom. The number of para-hydroxylation sites is 1. The Morgan fingerprint density at radius 2 is 1.90 bits per heavy atom. The van der Waals surface area contributed by atoms with Gasteiger partial charge in [0.1, 0.15) is 5.60 Å². The number of hydrogen-bond acceptors (Lipinski definition) is 5. The van der Waals surface area contributed by atoms with Gasteiger partial charge in [-0.25, -0.2) is 4.79 Å². The number of hydrogen-bond donors (Lipinski definition) is 0. The smallest absolute Gasteiger partial charge is 0.410 e. The van der Waals surface area contributed by atoms with E-state index in [0.29, 0.717) is 25.4 Å². The lowest BCUT2D eigenvalue weighted by atomic mass is 9.82. The summed E-state index contributed by atoms with van der Waals surface area (Å²) in [5.41, 5.74) is 1.53. The number of rotatable bonds is 5. The predicted molar refractivity (Wildman–Crippen MR) is 116 cm³/mol. The SMILES string of the molecule is COC(=O)C[C@H](CC1CCN(C(=O)OC(C)(C)C)CC1)c1cnc2ccccc2c1. The van der Waals surface area contributed by atoms with Crippen LogP contribution in [0.4, 0.5) is 4.79 Å². The second kappa shape index (κ2) is 9.45. The fraction of sp³-hybridized carbons (Fsp3) is 0.542. The lowest BCUT2D eigenvalue weighted by molar-refractivity contribution is -0.141. The summed E-state index contributed by atoms with van der Waals surface area (Å²) in [5, 5.41) is 1.07. The summed E-state index contributed by atoms with van der Waals surface area (Å²) in [6.07, 6.45) is 4.65. The first-order valence-corrected chi connectivity index (χ1v) is 10.6. The van der Waals surface area contributed by atoms with Crippen LogP contribution in [0.3, 0.4) is 0 Å². The van der Waals surface area contributed by atoms with Crippen molar-refractivity contribution in [1.29, 1.82) is 0 Å². The molecule has 1 aliphatic rings. The van der Waals surface area contributed by atoms with Crippen LogP contribution < -0.4 is 0 Å². The van der Waals surface area contributed by atoms with Gasteiger partial charge in [0.05, 0.1) is 19.0 Å². The van der Waals surface area contributed by atoms with Crippen molar-refractivity contribution < 1.29 is 19.1 Å². The third-order valence-electron chi connectivity index (χ3n) is 5.61. The first kappa shape index (κ1) is 22.1. The number of nitrogens with zero attached hydrogens (tertiary/aromatic N) is 2. The summed E-state index contributed by atoms with van der Waals surface area (Å²) in [6.45, 7) is 7.01. The van der Waals surface area contributed by atoms with Gasteiger partial charge >= 0.3 is 12.1 Å². The lowest BCUT2D eigenvalue weighted by Gasteiger charge is -2.34. The summed E-state index contributed by atoms with van der Waals surface area (Å²) in [5.74, 6) is 0.275. The van der Waals surface area contributed by atoms with Gasteiger partial charge in [-0.05, 0) is 69.6 Å². The molecule has 1 amide bonds. The maximum absolute atomic E-state index is 12.3. The molecule has 0 saturated carbocycles. The van der Waals surface area contributed by atoms with Crippen LogP contribution in [0.5, 0.6) is 0 Å². The van der Waals surface area contributed by atoms with E-state index in [0.717, 1.165) is 35.7 Å². The molecule has 3 rings (SSSR count). The van der Waals surface area contributed by atoms with E-state index in [-0.39, 0.29) is 18.0 Å². The van der Waals surface area contributed by atoms with E-state index in [1.54, 1.807) is 4.90 Å². The Kier molecular flexibility index (Phi) is 6.95. The van der Waals surface area contributed by atoms with Crippen molar-refractivity contribution in [3.05, 3.63) is 42.1 Å². The van der Waals surface area contributed by atoms with Crippen molar-refractivity contribution in [2.45, 2.75) is 58.0 Å². The van der Waals surface area contributed by atoms with Crippen molar-refractivity contribution in [2.75, 3.05) is 20.2 Å². The standard InChI is InChI=1S/C24H32N2O4/c1-24(2,3)30-23(28)26-11-9-17(10-12-26)13-19(15-22(27)29-4)20-14-18-7-5-6-8-21(18)25-16-20/h5-8,14,16-17,19H,9-13,15H2,1-4H3/t19-/m0/s1. The molecule has 1 aromatic heterocycles. The molecule has 0 spiro atoms. The highest BCUT2D eigenvalue weighted by molar-refractivity contribution is 5.79. The van der Waals surface area contributed by atoms with Crippen molar-refractivity contribution in [2.24, 2.45) is 5.92 Å². The number of likely N-dealkylation sites (tertiary alicyclic amines) is 1. The van der Waals surface area contributed by atoms with Gasteiger partial charge in [-0.1, -0.05) is 18.2 Å². The van der Waals surface area contributed by atoms with E-state index in [2.05, 4.69) is 11.1 Å². The van der Waals surface area contributed by atoms with Crippen LogP contribution in [0.1, 0.15) is 57.9 Å². The van der Waals surface area contributed by atoms with Gasteiger partial charge in [-0.3, -0.25) is 9.78 Å². The fourth-order valence-electron chi connectivity index (χ4n) is 4.01. The zero-order chi connectivity index (χ0) is 21.7. The van der Waals surface area contributed by atoms with Gasteiger partial charge in [-0.2, -0.15) is 0 Å². The first-order valence-electron chi connectivity index (χ1n) is 10.6. The highest BCUT2D eigenvalue weighted by Crippen LogP contribution is 2.33. The third-order valence-corrected chi connectivity index (χ3v) is 5.61. The normalized spacial score (nSPS) is 16.3. The largest absolute Gasteiger partial charge is 0.469 e. The highest BCUT2D eigenvalue weighted by Gasteiger charge is 2.29. The molecule has 0 unspecified atom stereocenters. The van der Waals surface area contributed by atoms with Crippen LogP contribution in [0.2, 0.25) is 0 Å². The predicted octanol–water partition coefficient (Wildman–Crippen LogP) is 4.92. The highest BCUT2D eigenvalue weighted by atomic mass is 16.6. The van der Waals surface area contributed by atoms with Gasteiger partial charge in [0.2, 0.25) is 0 Å². The molecular formula is C24H32N2O4. The summed E-state index contributed by atoms with van der Waals surface area (Å²) in [7, 11) is 1.43. The summed E-state index contributed by atoms with van der Waals surface area (Å²) < 4.78 is 10.4. The molecule has 0 N–H and O–H groups in total. The van der Waals surface area contributed by atoms with Crippen LogP contribution in [0, 0.1) is 5.92 Å². The summed E-state index contributed by atoms with van der Waals surface area (Å²) in [4.78, 5) is 30.7. The number of benzene rings is 1. The second-order valence-electron chi connectivity index (χ2n) is 9.09. The number of carbonyl (C=O) groups excluding carboxylic acids is 2. The molecule has 2 heterocycles.